The maximum atomic E-state index is 10.8. The fourth-order valence-corrected chi connectivity index (χ4v) is 3.38. The Labute approximate surface area is 173 Å². The normalized spacial score (nSPS) is 11.3. The zero-order valence-corrected chi connectivity index (χ0v) is 16.5. The number of hydrogen-bond donors (Lipinski definition) is 2. The van der Waals surface area contributed by atoms with Crippen LogP contribution in [0.3, 0.4) is 0 Å². The third kappa shape index (κ3) is 3.45. The molecule has 0 aliphatic carbocycles. The molecule has 0 unspecified atom stereocenters. The molecule has 3 aromatic carbocycles. The molecule has 6 nitrogen and oxygen atoms in total. The molecule has 1 heterocycles. The van der Waals surface area contributed by atoms with Gasteiger partial charge >= 0.3 is 0 Å². The summed E-state index contributed by atoms with van der Waals surface area (Å²) in [5, 5.41) is 20.9. The minimum atomic E-state index is -0.0302. The van der Waals surface area contributed by atoms with Crippen LogP contribution in [0.15, 0.2) is 71.7 Å². The Balaban J connectivity index is 2.02. The number of aromatic amines is 1. The van der Waals surface area contributed by atoms with Gasteiger partial charge in [0.15, 0.2) is 17.4 Å². The van der Waals surface area contributed by atoms with Crippen LogP contribution in [0.5, 0.6) is 17.4 Å². The van der Waals surface area contributed by atoms with Gasteiger partial charge in [0.2, 0.25) is 0 Å². The summed E-state index contributed by atoms with van der Waals surface area (Å²) in [6.07, 6.45) is 0. The molecule has 30 heavy (non-hydrogen) atoms. The Morgan fingerprint density at radius 2 is 1.70 bits per heavy atom. The van der Waals surface area contributed by atoms with Gasteiger partial charge in [-0.3, -0.25) is 0 Å². The summed E-state index contributed by atoms with van der Waals surface area (Å²) in [6, 6.07) is 22.3. The van der Waals surface area contributed by atoms with E-state index in [4.69, 9.17) is 14.5 Å². The number of para-hydroxylation sites is 1. The number of aromatic hydroxyl groups is 1. The average Bonchev–Trinajstić information content (AvgIpc) is 3.11. The predicted molar refractivity (Wildman–Crippen MR) is 116 cm³/mol. The SMILES string of the molecule is COc1cc2[nH]c(O)c(C(=Nc3ccccc3)c3cccc(C#N)c3)c2cc1OC. The maximum absolute atomic E-state index is 10.8. The van der Waals surface area contributed by atoms with Crippen LogP contribution < -0.4 is 9.47 Å². The van der Waals surface area contributed by atoms with Crippen LogP contribution in [0.2, 0.25) is 0 Å². The summed E-state index contributed by atoms with van der Waals surface area (Å²) >= 11 is 0. The number of aromatic nitrogens is 1. The quantitative estimate of drug-likeness (QED) is 0.467. The Hall–Kier alpha value is -4.24. The molecule has 0 amide bonds. The van der Waals surface area contributed by atoms with Gasteiger partial charge in [-0.15, -0.1) is 0 Å². The van der Waals surface area contributed by atoms with Gasteiger partial charge in [-0.05, 0) is 30.3 Å². The molecule has 0 radical (unpaired) electrons. The zero-order chi connectivity index (χ0) is 21.1. The van der Waals surface area contributed by atoms with Crippen molar-refractivity contribution in [3.8, 4) is 23.4 Å². The van der Waals surface area contributed by atoms with E-state index in [2.05, 4.69) is 11.1 Å². The molecule has 0 spiro atoms. The van der Waals surface area contributed by atoms with E-state index in [0.717, 1.165) is 11.1 Å². The van der Waals surface area contributed by atoms with E-state index in [1.54, 1.807) is 44.6 Å². The third-order valence-electron chi connectivity index (χ3n) is 4.78. The molecule has 0 saturated carbocycles. The summed E-state index contributed by atoms with van der Waals surface area (Å²) in [5.74, 6) is 1.05. The lowest BCUT2D eigenvalue weighted by Gasteiger charge is -2.10. The van der Waals surface area contributed by atoms with Gasteiger partial charge in [-0.2, -0.15) is 5.26 Å². The second-order valence-corrected chi connectivity index (χ2v) is 6.59. The summed E-state index contributed by atoms with van der Waals surface area (Å²) < 4.78 is 10.8. The van der Waals surface area contributed by atoms with E-state index in [1.807, 2.05) is 36.4 Å². The second-order valence-electron chi connectivity index (χ2n) is 6.59. The first-order valence-electron chi connectivity index (χ1n) is 9.26. The molecule has 6 heteroatoms. The molecular formula is C24H19N3O3. The van der Waals surface area contributed by atoms with Gasteiger partial charge in [-0.1, -0.05) is 30.3 Å². The van der Waals surface area contributed by atoms with Crippen molar-refractivity contribution in [1.82, 2.24) is 4.98 Å². The van der Waals surface area contributed by atoms with Crippen molar-refractivity contribution >= 4 is 22.3 Å². The summed E-state index contributed by atoms with van der Waals surface area (Å²) in [7, 11) is 3.12. The molecule has 0 atom stereocenters. The molecule has 0 bridgehead atoms. The van der Waals surface area contributed by atoms with Crippen LogP contribution in [0.4, 0.5) is 5.69 Å². The lowest BCUT2D eigenvalue weighted by atomic mass is 9.99. The van der Waals surface area contributed by atoms with Gasteiger partial charge < -0.3 is 19.6 Å². The van der Waals surface area contributed by atoms with Crippen LogP contribution in [0.25, 0.3) is 10.9 Å². The van der Waals surface area contributed by atoms with Crippen molar-refractivity contribution in [1.29, 1.82) is 5.26 Å². The van der Waals surface area contributed by atoms with E-state index >= 15 is 0 Å². The number of hydrogen-bond acceptors (Lipinski definition) is 5. The highest BCUT2D eigenvalue weighted by Gasteiger charge is 2.21. The van der Waals surface area contributed by atoms with Gasteiger partial charge in [0, 0.05) is 17.0 Å². The monoisotopic (exact) mass is 397 g/mol. The third-order valence-corrected chi connectivity index (χ3v) is 4.78. The summed E-state index contributed by atoms with van der Waals surface area (Å²) in [6.45, 7) is 0. The lowest BCUT2D eigenvalue weighted by Crippen LogP contribution is -2.03. The first-order chi connectivity index (χ1) is 14.6. The molecule has 2 N–H and O–H groups in total. The first kappa shape index (κ1) is 19.1. The van der Waals surface area contributed by atoms with E-state index in [-0.39, 0.29) is 5.88 Å². The highest BCUT2D eigenvalue weighted by Crippen LogP contribution is 2.38. The fourth-order valence-electron chi connectivity index (χ4n) is 3.38. The van der Waals surface area contributed by atoms with Gasteiger partial charge in [0.1, 0.15) is 0 Å². The molecule has 0 saturated heterocycles. The second kappa shape index (κ2) is 8.02. The van der Waals surface area contributed by atoms with Crippen LogP contribution in [0, 0.1) is 11.3 Å². The topological polar surface area (TPSA) is 90.6 Å². The number of nitrogens with zero attached hydrogens (tertiary/aromatic N) is 2. The molecule has 148 valence electrons. The molecular weight excluding hydrogens is 378 g/mol. The van der Waals surface area contributed by atoms with Gasteiger partial charge in [0.25, 0.3) is 0 Å². The standard InChI is InChI=1S/C24H19N3O3/c1-29-20-12-18-19(13-21(20)30-2)27-24(28)22(18)23(26-17-9-4-3-5-10-17)16-8-6-7-15(11-16)14-25/h3-13,27-28H,1-2H3. The van der Waals surface area contributed by atoms with Gasteiger partial charge in [-0.25, -0.2) is 4.99 Å². The number of rotatable bonds is 5. The Morgan fingerprint density at radius 1 is 0.967 bits per heavy atom. The van der Waals surface area contributed by atoms with Crippen LogP contribution in [-0.4, -0.2) is 30.0 Å². The number of methoxy groups -OCH3 is 2. The van der Waals surface area contributed by atoms with E-state index in [1.165, 1.54) is 0 Å². The van der Waals surface area contributed by atoms with E-state index in [0.29, 0.717) is 39.4 Å². The number of nitriles is 1. The van der Waals surface area contributed by atoms with Crippen LogP contribution in [-0.2, 0) is 0 Å². The van der Waals surface area contributed by atoms with Crippen LogP contribution >= 0.6 is 0 Å². The van der Waals surface area contributed by atoms with Crippen molar-refractivity contribution in [3.63, 3.8) is 0 Å². The largest absolute Gasteiger partial charge is 0.494 e. The maximum Gasteiger partial charge on any atom is 0.199 e. The number of ether oxygens (including phenoxy) is 2. The van der Waals surface area contributed by atoms with Crippen molar-refractivity contribution in [2.75, 3.05) is 14.2 Å². The van der Waals surface area contributed by atoms with E-state index in [9.17, 15) is 10.4 Å². The summed E-state index contributed by atoms with van der Waals surface area (Å²) in [4.78, 5) is 7.80. The Morgan fingerprint density at radius 3 is 2.40 bits per heavy atom. The van der Waals surface area contributed by atoms with Crippen molar-refractivity contribution < 1.29 is 14.6 Å². The minimum absolute atomic E-state index is 0.0302. The highest BCUT2D eigenvalue weighted by atomic mass is 16.5. The molecule has 0 aliphatic heterocycles. The Kier molecular flexibility index (Phi) is 5.10. The Bertz CT molecular complexity index is 1280. The molecule has 0 aliphatic rings. The molecule has 4 rings (SSSR count). The average molecular weight is 397 g/mol. The fraction of sp³-hybridized carbons (Fsp3) is 0.0833. The minimum Gasteiger partial charge on any atom is -0.494 e. The number of benzene rings is 3. The smallest absolute Gasteiger partial charge is 0.199 e. The lowest BCUT2D eigenvalue weighted by molar-refractivity contribution is 0.356. The number of nitrogens with one attached hydrogen (secondary N) is 1. The van der Waals surface area contributed by atoms with E-state index < -0.39 is 0 Å². The molecule has 1 aromatic heterocycles. The van der Waals surface area contributed by atoms with Crippen molar-refractivity contribution in [2.24, 2.45) is 4.99 Å². The molecule has 0 fully saturated rings. The van der Waals surface area contributed by atoms with Crippen molar-refractivity contribution in [2.45, 2.75) is 0 Å². The molecule has 4 aromatic rings. The number of aliphatic imine (C=N–C) groups is 1. The zero-order valence-electron chi connectivity index (χ0n) is 16.5. The number of fused-ring (bicyclic) bond motifs is 1. The summed E-state index contributed by atoms with van der Waals surface area (Å²) in [5.41, 5.74) is 3.68. The van der Waals surface area contributed by atoms with Gasteiger partial charge in [0.05, 0.1) is 48.3 Å². The van der Waals surface area contributed by atoms with Crippen LogP contribution in [0.1, 0.15) is 16.7 Å². The predicted octanol–water partition coefficient (Wildman–Crippen LogP) is 4.93. The van der Waals surface area contributed by atoms with Crippen molar-refractivity contribution in [3.05, 3.63) is 83.4 Å². The first-order valence-corrected chi connectivity index (χ1v) is 9.26. The number of H-pyrrole nitrogens is 1. The highest BCUT2D eigenvalue weighted by molar-refractivity contribution is 6.22.